The second kappa shape index (κ2) is 7.25. The van der Waals surface area contributed by atoms with Crippen LogP contribution in [0.25, 0.3) is 16.9 Å². The van der Waals surface area contributed by atoms with Crippen LogP contribution >= 0.6 is 11.6 Å². The van der Waals surface area contributed by atoms with Gasteiger partial charge in [-0.25, -0.2) is 4.98 Å². The lowest BCUT2D eigenvalue weighted by molar-refractivity contribution is -0.141. The molecule has 0 amide bonds. The van der Waals surface area contributed by atoms with E-state index in [2.05, 4.69) is 0 Å². The van der Waals surface area contributed by atoms with Crippen molar-refractivity contribution in [1.29, 1.82) is 0 Å². The van der Waals surface area contributed by atoms with Gasteiger partial charge in [-0.3, -0.25) is 4.79 Å². The average Bonchev–Trinajstić information content (AvgIpc) is 3.09. The molecule has 2 aromatic carbocycles. The second-order valence-corrected chi connectivity index (χ2v) is 6.53. The zero-order valence-electron chi connectivity index (χ0n) is 14.7. The second-order valence-electron chi connectivity index (χ2n) is 6.12. The number of carbonyl (C=O) groups excluding carboxylic acids is 1. The molecular formula is C22H17ClN2O2. The maximum absolute atomic E-state index is 12.9. The number of methoxy groups -OCH3 is 1. The Bertz CT molecular complexity index is 1110. The Labute approximate surface area is 162 Å². The van der Waals surface area contributed by atoms with Crippen LogP contribution in [0.1, 0.15) is 17.2 Å². The van der Waals surface area contributed by atoms with Crippen LogP contribution in [0.3, 0.4) is 0 Å². The van der Waals surface area contributed by atoms with Gasteiger partial charge in [-0.1, -0.05) is 66.2 Å². The van der Waals surface area contributed by atoms with Crippen molar-refractivity contribution < 1.29 is 9.53 Å². The van der Waals surface area contributed by atoms with Crippen molar-refractivity contribution >= 4 is 23.2 Å². The molecule has 0 aliphatic carbocycles. The molecule has 0 radical (unpaired) electrons. The minimum atomic E-state index is -0.698. The molecule has 0 aliphatic rings. The van der Waals surface area contributed by atoms with E-state index in [1.54, 1.807) is 6.07 Å². The summed E-state index contributed by atoms with van der Waals surface area (Å²) in [5, 5.41) is 0.512. The van der Waals surface area contributed by atoms with Crippen molar-refractivity contribution in [2.45, 2.75) is 5.92 Å². The summed E-state index contributed by atoms with van der Waals surface area (Å²) in [5.74, 6) is -1.08. The third-order valence-corrected chi connectivity index (χ3v) is 4.88. The van der Waals surface area contributed by atoms with Gasteiger partial charge in [0.2, 0.25) is 0 Å². The predicted molar refractivity (Wildman–Crippen MR) is 106 cm³/mol. The first kappa shape index (κ1) is 17.3. The summed E-state index contributed by atoms with van der Waals surface area (Å²) >= 11 is 6.45. The molecule has 4 rings (SSSR count). The van der Waals surface area contributed by atoms with Gasteiger partial charge in [-0.05, 0) is 23.8 Å². The van der Waals surface area contributed by atoms with Crippen LogP contribution in [-0.4, -0.2) is 22.5 Å². The molecule has 134 valence electrons. The van der Waals surface area contributed by atoms with Gasteiger partial charge in [0, 0.05) is 16.8 Å². The van der Waals surface area contributed by atoms with Gasteiger partial charge in [0.1, 0.15) is 11.6 Å². The van der Waals surface area contributed by atoms with E-state index in [0.717, 1.165) is 22.6 Å². The van der Waals surface area contributed by atoms with Crippen molar-refractivity contribution in [2.24, 2.45) is 0 Å². The van der Waals surface area contributed by atoms with E-state index in [9.17, 15) is 4.79 Å². The Morgan fingerprint density at radius 1 is 1.00 bits per heavy atom. The quantitative estimate of drug-likeness (QED) is 0.473. The summed E-state index contributed by atoms with van der Waals surface area (Å²) in [4.78, 5) is 17.7. The minimum absolute atomic E-state index is 0.383. The Hall–Kier alpha value is -3.11. The first-order valence-corrected chi connectivity index (χ1v) is 8.93. The summed E-state index contributed by atoms with van der Waals surface area (Å²) in [6.07, 6.45) is 1.90. The van der Waals surface area contributed by atoms with Crippen LogP contribution in [-0.2, 0) is 9.53 Å². The third-order valence-electron chi connectivity index (χ3n) is 4.54. The molecule has 0 N–H and O–H groups in total. The molecule has 2 heterocycles. The van der Waals surface area contributed by atoms with Gasteiger partial charge in [0.15, 0.2) is 0 Å². The van der Waals surface area contributed by atoms with E-state index in [1.165, 1.54) is 7.11 Å². The predicted octanol–water partition coefficient (Wildman–Crippen LogP) is 4.96. The van der Waals surface area contributed by atoms with Gasteiger partial charge in [0.05, 0.1) is 18.5 Å². The fourth-order valence-corrected chi connectivity index (χ4v) is 3.56. The van der Waals surface area contributed by atoms with Gasteiger partial charge < -0.3 is 9.14 Å². The fourth-order valence-electron chi connectivity index (χ4n) is 3.31. The third kappa shape index (κ3) is 3.09. The van der Waals surface area contributed by atoms with Crippen LogP contribution in [0.2, 0.25) is 5.02 Å². The zero-order chi connectivity index (χ0) is 18.8. The number of pyridine rings is 1. The number of rotatable bonds is 4. The first-order valence-electron chi connectivity index (χ1n) is 8.55. The monoisotopic (exact) mass is 376 g/mol. The Kier molecular flexibility index (Phi) is 4.65. The largest absolute Gasteiger partial charge is 0.468 e. The molecule has 0 saturated carbocycles. The number of hydrogen-bond donors (Lipinski definition) is 0. The van der Waals surface area contributed by atoms with E-state index in [-0.39, 0.29) is 5.97 Å². The van der Waals surface area contributed by atoms with Crippen molar-refractivity contribution in [3.05, 3.63) is 95.3 Å². The summed E-state index contributed by atoms with van der Waals surface area (Å²) in [6, 6.07) is 22.9. The summed E-state index contributed by atoms with van der Waals surface area (Å²) < 4.78 is 7.07. The van der Waals surface area contributed by atoms with Gasteiger partial charge in [-0.2, -0.15) is 0 Å². The van der Waals surface area contributed by atoms with E-state index >= 15 is 0 Å². The van der Waals surface area contributed by atoms with Crippen LogP contribution in [0.4, 0.5) is 0 Å². The molecule has 0 saturated heterocycles. The fraction of sp³-hybridized carbons (Fsp3) is 0.0909. The minimum Gasteiger partial charge on any atom is -0.468 e. The number of benzene rings is 2. The van der Waals surface area contributed by atoms with Gasteiger partial charge in [0.25, 0.3) is 0 Å². The maximum atomic E-state index is 12.9. The topological polar surface area (TPSA) is 43.6 Å². The van der Waals surface area contributed by atoms with E-state index in [0.29, 0.717) is 10.6 Å². The number of hydrogen-bond acceptors (Lipinski definition) is 3. The highest BCUT2D eigenvalue weighted by Crippen LogP contribution is 2.37. The number of nitrogens with zero attached hydrogens (tertiary/aromatic N) is 2. The molecule has 1 atom stereocenters. The number of halogens is 1. The number of fused-ring (bicyclic) bond motifs is 1. The molecule has 0 aliphatic heterocycles. The zero-order valence-corrected chi connectivity index (χ0v) is 15.4. The summed E-state index contributed by atoms with van der Waals surface area (Å²) in [5.41, 5.74) is 3.84. The van der Waals surface area contributed by atoms with E-state index in [4.69, 9.17) is 21.3 Å². The molecule has 0 bridgehead atoms. The highest BCUT2D eigenvalue weighted by Gasteiger charge is 2.32. The summed E-state index contributed by atoms with van der Waals surface area (Å²) in [7, 11) is 1.39. The lowest BCUT2D eigenvalue weighted by Gasteiger charge is -2.18. The number of imidazole rings is 1. The van der Waals surface area contributed by atoms with Crippen molar-refractivity contribution in [3.8, 4) is 11.3 Å². The molecule has 5 heteroatoms. The molecule has 1 unspecified atom stereocenters. The standard InChI is InChI=1S/C22H17ClN2O2/c1-27-22(26)19(16-11-5-6-12-17(16)23)21-20(15-9-3-2-4-10-15)24-18-13-7-8-14-25(18)21/h2-14,19H,1H3. The van der Waals surface area contributed by atoms with Crippen molar-refractivity contribution in [2.75, 3.05) is 7.11 Å². The lowest BCUT2D eigenvalue weighted by Crippen LogP contribution is -2.18. The van der Waals surface area contributed by atoms with Crippen molar-refractivity contribution in [1.82, 2.24) is 9.38 Å². The summed E-state index contributed by atoms with van der Waals surface area (Å²) in [6.45, 7) is 0. The smallest absolute Gasteiger partial charge is 0.319 e. The van der Waals surface area contributed by atoms with E-state index in [1.807, 2.05) is 77.3 Å². The van der Waals surface area contributed by atoms with E-state index < -0.39 is 5.92 Å². The van der Waals surface area contributed by atoms with Gasteiger partial charge in [-0.15, -0.1) is 0 Å². The molecular weight excluding hydrogens is 360 g/mol. The molecule has 4 aromatic rings. The molecule has 27 heavy (non-hydrogen) atoms. The highest BCUT2D eigenvalue weighted by atomic mass is 35.5. The Morgan fingerprint density at radius 3 is 2.44 bits per heavy atom. The Morgan fingerprint density at radius 2 is 1.70 bits per heavy atom. The molecule has 0 fully saturated rings. The number of esters is 1. The highest BCUT2D eigenvalue weighted by molar-refractivity contribution is 6.31. The molecule has 2 aromatic heterocycles. The maximum Gasteiger partial charge on any atom is 0.319 e. The molecule has 4 nitrogen and oxygen atoms in total. The van der Waals surface area contributed by atoms with Gasteiger partial charge >= 0.3 is 5.97 Å². The normalized spacial score (nSPS) is 12.1. The average molecular weight is 377 g/mol. The number of ether oxygens (including phenoxy) is 1. The number of carbonyl (C=O) groups is 1. The van der Waals surface area contributed by atoms with Crippen LogP contribution in [0.15, 0.2) is 79.0 Å². The van der Waals surface area contributed by atoms with Crippen LogP contribution < -0.4 is 0 Å². The number of aromatic nitrogens is 2. The lowest BCUT2D eigenvalue weighted by atomic mass is 9.92. The Balaban J connectivity index is 2.05. The molecule has 0 spiro atoms. The SMILES string of the molecule is COC(=O)C(c1ccccc1Cl)c1c(-c2ccccc2)nc2ccccn12. The van der Waals surface area contributed by atoms with Crippen LogP contribution in [0, 0.1) is 0 Å². The van der Waals surface area contributed by atoms with Crippen LogP contribution in [0.5, 0.6) is 0 Å². The first-order chi connectivity index (χ1) is 13.2. The van der Waals surface area contributed by atoms with Crippen molar-refractivity contribution in [3.63, 3.8) is 0 Å².